The van der Waals surface area contributed by atoms with Crippen LogP contribution in [0.4, 0.5) is 10.5 Å². The smallest absolute Gasteiger partial charge is 0.337 e. The molecular weight excluding hydrogens is 296 g/mol. The van der Waals surface area contributed by atoms with Crippen molar-refractivity contribution < 1.29 is 19.4 Å². The molecule has 7 heteroatoms. The van der Waals surface area contributed by atoms with Crippen LogP contribution in [0.5, 0.6) is 0 Å². The van der Waals surface area contributed by atoms with E-state index in [1.807, 2.05) is 13.8 Å². The summed E-state index contributed by atoms with van der Waals surface area (Å²) in [5.41, 5.74) is 0.159. The highest BCUT2D eigenvalue weighted by molar-refractivity contribution is 6.31. The quantitative estimate of drug-likeness (QED) is 0.846. The number of amides is 2. The Bertz CT molecular complexity index is 520. The van der Waals surface area contributed by atoms with Gasteiger partial charge < -0.3 is 20.1 Å². The van der Waals surface area contributed by atoms with Gasteiger partial charge in [-0.1, -0.05) is 11.6 Å². The van der Waals surface area contributed by atoms with Gasteiger partial charge in [-0.05, 0) is 32.0 Å². The van der Waals surface area contributed by atoms with E-state index in [1.165, 1.54) is 18.2 Å². The van der Waals surface area contributed by atoms with Crippen LogP contribution in [0.3, 0.4) is 0 Å². The van der Waals surface area contributed by atoms with Gasteiger partial charge in [0.15, 0.2) is 0 Å². The average molecular weight is 315 g/mol. The Kier molecular flexibility index (Phi) is 6.45. The molecule has 2 amide bonds. The molecule has 0 aliphatic rings. The number of hydrogen-bond acceptors (Lipinski definition) is 3. The van der Waals surface area contributed by atoms with Gasteiger partial charge in [-0.15, -0.1) is 0 Å². The van der Waals surface area contributed by atoms with Crippen LogP contribution in [0.15, 0.2) is 18.2 Å². The van der Waals surface area contributed by atoms with Gasteiger partial charge in [0.1, 0.15) is 0 Å². The zero-order chi connectivity index (χ0) is 16.0. The lowest BCUT2D eigenvalue weighted by Gasteiger charge is -2.27. The number of carbonyl (C=O) groups is 2. The van der Waals surface area contributed by atoms with E-state index in [0.29, 0.717) is 18.2 Å². The number of benzene rings is 1. The molecular formula is C14H19ClN2O4. The van der Waals surface area contributed by atoms with Crippen LogP contribution in [0.1, 0.15) is 24.2 Å². The van der Waals surface area contributed by atoms with Crippen LogP contribution in [0, 0.1) is 0 Å². The molecule has 0 heterocycles. The first-order valence-corrected chi connectivity index (χ1v) is 6.84. The third kappa shape index (κ3) is 4.91. The fourth-order valence-electron chi connectivity index (χ4n) is 1.77. The molecule has 0 saturated carbocycles. The topological polar surface area (TPSA) is 78.9 Å². The monoisotopic (exact) mass is 314 g/mol. The van der Waals surface area contributed by atoms with Crippen molar-refractivity contribution in [2.24, 2.45) is 0 Å². The van der Waals surface area contributed by atoms with Gasteiger partial charge >= 0.3 is 12.0 Å². The van der Waals surface area contributed by atoms with E-state index in [-0.39, 0.29) is 23.3 Å². The second-order valence-corrected chi connectivity index (χ2v) is 5.14. The minimum Gasteiger partial charge on any atom is -0.478 e. The zero-order valence-electron chi connectivity index (χ0n) is 12.2. The summed E-state index contributed by atoms with van der Waals surface area (Å²) in [5.74, 6) is -1.15. The van der Waals surface area contributed by atoms with Crippen LogP contribution >= 0.6 is 11.6 Å². The van der Waals surface area contributed by atoms with Crippen molar-refractivity contribution in [3.05, 3.63) is 28.8 Å². The fourth-order valence-corrected chi connectivity index (χ4v) is 1.95. The van der Waals surface area contributed by atoms with E-state index in [4.69, 9.17) is 21.4 Å². The molecule has 0 aliphatic carbocycles. The largest absolute Gasteiger partial charge is 0.478 e. The first-order chi connectivity index (χ1) is 9.86. The van der Waals surface area contributed by atoms with Crippen molar-refractivity contribution in [2.45, 2.75) is 19.9 Å². The molecule has 2 N–H and O–H groups in total. The van der Waals surface area contributed by atoms with Gasteiger partial charge in [0.2, 0.25) is 0 Å². The molecule has 1 aromatic rings. The number of hydrogen-bond donors (Lipinski definition) is 2. The number of nitrogens with zero attached hydrogens (tertiary/aromatic N) is 1. The number of nitrogens with one attached hydrogen (secondary N) is 1. The Morgan fingerprint density at radius 1 is 1.43 bits per heavy atom. The Balaban J connectivity index is 2.93. The number of carboxylic acid groups (broad SMARTS) is 1. The number of rotatable bonds is 6. The molecule has 0 fully saturated rings. The normalized spacial score (nSPS) is 10.5. The number of ether oxygens (including phenoxy) is 1. The average Bonchev–Trinajstić information content (AvgIpc) is 2.40. The van der Waals surface area contributed by atoms with Crippen LogP contribution in [0.25, 0.3) is 0 Å². The van der Waals surface area contributed by atoms with E-state index in [0.717, 1.165) is 0 Å². The summed E-state index contributed by atoms with van der Waals surface area (Å²) in [4.78, 5) is 25.0. The SMILES string of the molecule is COCCN(C(=O)Nc1ccc(Cl)cc1C(=O)O)C(C)C. The third-order valence-corrected chi connectivity index (χ3v) is 3.11. The Labute approximate surface area is 128 Å². The summed E-state index contributed by atoms with van der Waals surface area (Å²) in [5, 5.41) is 12.0. The van der Waals surface area contributed by atoms with Crippen molar-refractivity contribution in [3.8, 4) is 0 Å². The van der Waals surface area contributed by atoms with Gasteiger partial charge in [-0.25, -0.2) is 9.59 Å². The second-order valence-electron chi connectivity index (χ2n) is 4.71. The van der Waals surface area contributed by atoms with Gasteiger partial charge in [-0.3, -0.25) is 0 Å². The van der Waals surface area contributed by atoms with E-state index in [1.54, 1.807) is 12.0 Å². The van der Waals surface area contributed by atoms with Crippen molar-refractivity contribution in [2.75, 3.05) is 25.6 Å². The number of carbonyl (C=O) groups excluding carboxylic acids is 1. The lowest BCUT2D eigenvalue weighted by Crippen LogP contribution is -2.42. The van der Waals surface area contributed by atoms with E-state index < -0.39 is 5.97 Å². The number of halogens is 1. The van der Waals surface area contributed by atoms with Crippen LogP contribution in [0.2, 0.25) is 5.02 Å². The molecule has 116 valence electrons. The Morgan fingerprint density at radius 2 is 2.10 bits per heavy atom. The molecule has 0 atom stereocenters. The van der Waals surface area contributed by atoms with Gasteiger partial charge in [0.25, 0.3) is 0 Å². The summed E-state index contributed by atoms with van der Waals surface area (Å²) < 4.78 is 4.97. The molecule has 0 saturated heterocycles. The summed E-state index contributed by atoms with van der Waals surface area (Å²) in [6.07, 6.45) is 0. The number of urea groups is 1. The minimum atomic E-state index is -1.15. The zero-order valence-corrected chi connectivity index (χ0v) is 13.0. The second kappa shape index (κ2) is 7.85. The van der Waals surface area contributed by atoms with Crippen LogP contribution in [-0.2, 0) is 4.74 Å². The van der Waals surface area contributed by atoms with E-state index in [9.17, 15) is 9.59 Å². The third-order valence-electron chi connectivity index (χ3n) is 2.87. The van der Waals surface area contributed by atoms with Gasteiger partial charge in [0.05, 0.1) is 17.9 Å². The highest BCUT2D eigenvalue weighted by atomic mass is 35.5. The maximum Gasteiger partial charge on any atom is 0.337 e. The molecule has 21 heavy (non-hydrogen) atoms. The fraction of sp³-hybridized carbons (Fsp3) is 0.429. The highest BCUT2D eigenvalue weighted by Crippen LogP contribution is 2.21. The summed E-state index contributed by atoms with van der Waals surface area (Å²) in [6, 6.07) is 3.87. The Morgan fingerprint density at radius 3 is 2.62 bits per heavy atom. The van der Waals surface area contributed by atoms with E-state index >= 15 is 0 Å². The molecule has 0 spiro atoms. The molecule has 6 nitrogen and oxygen atoms in total. The Hall–Kier alpha value is -1.79. The molecule has 0 unspecified atom stereocenters. The van der Waals surface area contributed by atoms with Crippen molar-refractivity contribution in [1.82, 2.24) is 4.90 Å². The van der Waals surface area contributed by atoms with Crippen molar-refractivity contribution in [1.29, 1.82) is 0 Å². The number of aromatic carboxylic acids is 1. The lowest BCUT2D eigenvalue weighted by atomic mass is 10.2. The van der Waals surface area contributed by atoms with Gasteiger partial charge in [-0.2, -0.15) is 0 Å². The van der Waals surface area contributed by atoms with Crippen LogP contribution < -0.4 is 5.32 Å². The maximum atomic E-state index is 12.3. The molecule has 1 aromatic carbocycles. The molecule has 0 aliphatic heterocycles. The first-order valence-electron chi connectivity index (χ1n) is 6.46. The van der Waals surface area contributed by atoms with E-state index in [2.05, 4.69) is 5.32 Å². The molecule has 0 aromatic heterocycles. The van der Waals surface area contributed by atoms with Crippen molar-refractivity contribution in [3.63, 3.8) is 0 Å². The standard InChI is InChI=1S/C14H19ClN2O4/c1-9(2)17(6-7-21-3)14(20)16-12-5-4-10(15)8-11(12)13(18)19/h4-5,8-9H,6-7H2,1-3H3,(H,16,20)(H,18,19). The number of methoxy groups -OCH3 is 1. The molecule has 0 bridgehead atoms. The summed E-state index contributed by atoms with van der Waals surface area (Å²) >= 11 is 5.78. The molecule has 0 radical (unpaired) electrons. The first kappa shape index (κ1) is 17.3. The van der Waals surface area contributed by atoms with Crippen molar-refractivity contribution >= 4 is 29.3 Å². The molecule has 1 rings (SSSR count). The summed E-state index contributed by atoms with van der Waals surface area (Å²) in [7, 11) is 1.55. The number of carboxylic acids is 1. The number of anilines is 1. The van der Waals surface area contributed by atoms with Crippen LogP contribution in [-0.4, -0.2) is 48.3 Å². The maximum absolute atomic E-state index is 12.3. The lowest BCUT2D eigenvalue weighted by molar-refractivity contribution is 0.0698. The summed E-state index contributed by atoms with van der Waals surface area (Å²) in [6.45, 7) is 4.55. The minimum absolute atomic E-state index is 0.0410. The highest BCUT2D eigenvalue weighted by Gasteiger charge is 2.19. The van der Waals surface area contributed by atoms with Gasteiger partial charge in [0, 0.05) is 24.7 Å². The predicted octanol–water partition coefficient (Wildman–Crippen LogP) is 2.93. The predicted molar refractivity (Wildman–Crippen MR) is 81.1 cm³/mol.